The summed E-state index contributed by atoms with van der Waals surface area (Å²) in [5.41, 5.74) is 11.4. The summed E-state index contributed by atoms with van der Waals surface area (Å²) in [5.74, 6) is 0. The minimum Gasteiger partial charge on any atom is -0.455 e. The average molecular weight is 673 g/mol. The molecule has 0 aliphatic carbocycles. The normalized spacial score (nSPS) is 11.8. The Morgan fingerprint density at radius 2 is 0.830 bits per heavy atom. The number of hydrogen-bond donors (Lipinski definition) is 0. The van der Waals surface area contributed by atoms with Crippen molar-refractivity contribution in [2.45, 2.75) is 0 Å². The molecule has 0 radical (unpaired) electrons. The molecule has 1 aromatic heterocycles. The second-order valence-corrected chi connectivity index (χ2v) is 14.0. The van der Waals surface area contributed by atoms with Crippen LogP contribution in [0.4, 0.5) is 0 Å². The summed E-state index contributed by atoms with van der Waals surface area (Å²) in [7, 11) is 0. The Bertz CT molecular complexity index is 3160. The van der Waals surface area contributed by atoms with Gasteiger partial charge in [-0.25, -0.2) is 0 Å². The van der Waals surface area contributed by atoms with Gasteiger partial charge in [-0.3, -0.25) is 0 Å². The molecule has 0 fully saturated rings. The molecule has 0 aliphatic rings. The number of fused-ring (bicyclic) bond motifs is 8. The molecule has 0 N–H and O–H groups in total. The quantitative estimate of drug-likeness (QED) is 0.170. The molecule has 0 atom stereocenters. The third-order valence-electron chi connectivity index (χ3n) is 11.0. The lowest BCUT2D eigenvalue weighted by Crippen LogP contribution is -1.92. The zero-order valence-electron chi connectivity index (χ0n) is 28.9. The van der Waals surface area contributed by atoms with Gasteiger partial charge in [0.15, 0.2) is 0 Å². The molecule has 10 aromatic carbocycles. The molecule has 246 valence electrons. The molecule has 0 amide bonds. The van der Waals surface area contributed by atoms with E-state index in [0.717, 1.165) is 33.1 Å². The van der Waals surface area contributed by atoms with E-state index in [2.05, 4.69) is 194 Å². The fourth-order valence-electron chi connectivity index (χ4n) is 8.60. The number of hydrogen-bond acceptors (Lipinski definition) is 1. The Balaban J connectivity index is 1.21. The van der Waals surface area contributed by atoms with Crippen LogP contribution in [-0.2, 0) is 0 Å². The Labute approximate surface area is 307 Å². The smallest absolute Gasteiger partial charge is 0.143 e. The highest BCUT2D eigenvalue weighted by Gasteiger charge is 2.21. The molecule has 0 saturated heterocycles. The van der Waals surface area contributed by atoms with E-state index in [0.29, 0.717) is 0 Å². The van der Waals surface area contributed by atoms with E-state index in [4.69, 9.17) is 4.42 Å². The molecule has 11 rings (SSSR count). The molecule has 0 spiro atoms. The van der Waals surface area contributed by atoms with E-state index in [1.807, 2.05) is 0 Å². The molecule has 0 saturated carbocycles. The lowest BCUT2D eigenvalue weighted by atomic mass is 9.84. The van der Waals surface area contributed by atoms with Crippen molar-refractivity contribution in [2.24, 2.45) is 0 Å². The van der Waals surface area contributed by atoms with Gasteiger partial charge in [-0.15, -0.1) is 0 Å². The summed E-state index contributed by atoms with van der Waals surface area (Å²) in [6.45, 7) is 0. The largest absolute Gasteiger partial charge is 0.455 e. The van der Waals surface area contributed by atoms with Crippen molar-refractivity contribution in [2.75, 3.05) is 0 Å². The van der Waals surface area contributed by atoms with Crippen molar-refractivity contribution in [3.05, 3.63) is 194 Å². The zero-order chi connectivity index (χ0) is 34.9. The monoisotopic (exact) mass is 672 g/mol. The number of furan rings is 1. The summed E-state index contributed by atoms with van der Waals surface area (Å²) < 4.78 is 6.76. The summed E-state index contributed by atoms with van der Waals surface area (Å²) in [6, 6.07) is 70.6. The minimum atomic E-state index is 0.907. The van der Waals surface area contributed by atoms with Gasteiger partial charge in [0.25, 0.3) is 0 Å². The van der Waals surface area contributed by atoms with Gasteiger partial charge < -0.3 is 4.42 Å². The third-order valence-corrected chi connectivity index (χ3v) is 11.0. The van der Waals surface area contributed by atoms with E-state index in [-0.39, 0.29) is 0 Å². The van der Waals surface area contributed by atoms with E-state index in [9.17, 15) is 0 Å². The highest BCUT2D eigenvalue weighted by molar-refractivity contribution is 6.25. The van der Waals surface area contributed by atoms with Crippen LogP contribution in [-0.4, -0.2) is 0 Å². The first-order chi connectivity index (χ1) is 26.3. The second-order valence-electron chi connectivity index (χ2n) is 14.0. The summed E-state index contributed by atoms with van der Waals surface area (Å²) in [5, 5.41) is 12.1. The fraction of sp³-hybridized carbons (Fsp3) is 0. The fourth-order valence-corrected chi connectivity index (χ4v) is 8.60. The number of benzene rings is 10. The molecule has 1 nitrogen and oxygen atoms in total. The SMILES string of the molecule is c1ccc(-c2cc(-c3c4ccccc4c(-c4cccc(-c5ccc6ccccc6c5)c4)c4ccccc34)cc3c2oc2ccc4ccccc4c23)cc1. The number of rotatable bonds is 4. The van der Waals surface area contributed by atoms with Crippen molar-refractivity contribution in [1.82, 2.24) is 0 Å². The minimum absolute atomic E-state index is 0.907. The molecule has 0 unspecified atom stereocenters. The molecular formula is C52H32O. The molecule has 53 heavy (non-hydrogen) atoms. The predicted molar refractivity (Wildman–Crippen MR) is 225 cm³/mol. The maximum atomic E-state index is 6.76. The first-order valence-electron chi connectivity index (χ1n) is 18.3. The molecular weight excluding hydrogens is 641 g/mol. The van der Waals surface area contributed by atoms with Crippen LogP contribution in [0.2, 0.25) is 0 Å². The van der Waals surface area contributed by atoms with Crippen LogP contribution in [0.25, 0.3) is 110 Å². The van der Waals surface area contributed by atoms with Crippen LogP contribution < -0.4 is 0 Å². The first kappa shape index (κ1) is 29.7. The second kappa shape index (κ2) is 11.8. The molecule has 0 aliphatic heterocycles. The van der Waals surface area contributed by atoms with Gasteiger partial charge in [0.05, 0.1) is 0 Å². The Kier molecular flexibility index (Phi) is 6.62. The Morgan fingerprint density at radius 1 is 0.283 bits per heavy atom. The summed E-state index contributed by atoms with van der Waals surface area (Å²) in [6.07, 6.45) is 0. The summed E-state index contributed by atoms with van der Waals surface area (Å²) in [4.78, 5) is 0. The van der Waals surface area contributed by atoms with Crippen molar-refractivity contribution in [1.29, 1.82) is 0 Å². The maximum Gasteiger partial charge on any atom is 0.143 e. The van der Waals surface area contributed by atoms with Crippen molar-refractivity contribution in [3.8, 4) is 44.5 Å². The topological polar surface area (TPSA) is 13.1 Å². The van der Waals surface area contributed by atoms with Crippen molar-refractivity contribution in [3.63, 3.8) is 0 Å². The molecule has 1 heteroatoms. The van der Waals surface area contributed by atoms with Crippen LogP contribution in [0.3, 0.4) is 0 Å². The lowest BCUT2D eigenvalue weighted by Gasteiger charge is -2.19. The molecule has 0 bridgehead atoms. The van der Waals surface area contributed by atoms with Crippen molar-refractivity contribution >= 4 is 65.0 Å². The predicted octanol–water partition coefficient (Wildman–Crippen LogP) is 14.9. The van der Waals surface area contributed by atoms with Gasteiger partial charge >= 0.3 is 0 Å². The highest BCUT2D eigenvalue weighted by atomic mass is 16.3. The Hall–Kier alpha value is -6.96. The average Bonchev–Trinajstić information content (AvgIpc) is 3.62. The van der Waals surface area contributed by atoms with Gasteiger partial charge in [0.1, 0.15) is 11.2 Å². The van der Waals surface area contributed by atoms with Gasteiger partial charge in [0, 0.05) is 16.3 Å². The van der Waals surface area contributed by atoms with E-state index >= 15 is 0 Å². The van der Waals surface area contributed by atoms with Gasteiger partial charge in [-0.2, -0.15) is 0 Å². The molecule has 11 aromatic rings. The lowest BCUT2D eigenvalue weighted by molar-refractivity contribution is 0.670. The van der Waals surface area contributed by atoms with Crippen LogP contribution in [0.5, 0.6) is 0 Å². The van der Waals surface area contributed by atoms with E-state index < -0.39 is 0 Å². The van der Waals surface area contributed by atoms with E-state index in [1.165, 1.54) is 76.5 Å². The van der Waals surface area contributed by atoms with Gasteiger partial charge in [-0.1, -0.05) is 164 Å². The van der Waals surface area contributed by atoms with Crippen LogP contribution in [0, 0.1) is 0 Å². The zero-order valence-corrected chi connectivity index (χ0v) is 28.9. The first-order valence-corrected chi connectivity index (χ1v) is 18.3. The van der Waals surface area contributed by atoms with Gasteiger partial charge in [0.2, 0.25) is 0 Å². The van der Waals surface area contributed by atoms with Crippen LogP contribution in [0.1, 0.15) is 0 Å². The summed E-state index contributed by atoms with van der Waals surface area (Å²) >= 11 is 0. The highest BCUT2D eigenvalue weighted by Crippen LogP contribution is 2.48. The maximum absolute atomic E-state index is 6.76. The van der Waals surface area contributed by atoms with Crippen LogP contribution in [0.15, 0.2) is 199 Å². The van der Waals surface area contributed by atoms with Crippen molar-refractivity contribution < 1.29 is 4.42 Å². The Morgan fingerprint density at radius 3 is 1.57 bits per heavy atom. The third kappa shape index (κ3) is 4.71. The van der Waals surface area contributed by atoms with E-state index in [1.54, 1.807) is 0 Å². The molecule has 1 heterocycles. The van der Waals surface area contributed by atoms with Gasteiger partial charge in [-0.05, 0) is 112 Å². The van der Waals surface area contributed by atoms with Crippen LogP contribution >= 0.6 is 0 Å². The standard InChI is InChI=1S/C52H32O/c1-2-14-34(15-3-1)46-31-40(32-47-51-41-20-7-6-16-35(41)27-28-48(51)53-52(46)47)50-44-23-10-8-21-42(44)49(43-22-9-11-24-45(43)50)39-19-12-18-37(30-39)38-26-25-33-13-4-5-17-36(33)29-38/h1-32H.